The van der Waals surface area contributed by atoms with Gasteiger partial charge < -0.3 is 4.57 Å². The molecule has 0 bridgehead atoms. The van der Waals surface area contributed by atoms with E-state index < -0.39 is 0 Å². The number of imide groups is 1. The minimum atomic E-state index is -0.248. The van der Waals surface area contributed by atoms with Crippen molar-refractivity contribution in [3.05, 3.63) is 92.1 Å². The predicted molar refractivity (Wildman–Crippen MR) is 128 cm³/mol. The van der Waals surface area contributed by atoms with Gasteiger partial charge in [0, 0.05) is 22.1 Å². The molecule has 2 aromatic carbocycles. The van der Waals surface area contributed by atoms with Crippen molar-refractivity contribution in [3.8, 4) is 5.69 Å². The molecule has 0 saturated carbocycles. The molecule has 158 valence electrons. The number of aryl methyl sites for hydroxylation is 2. The van der Waals surface area contributed by atoms with Crippen LogP contribution in [0.2, 0.25) is 5.02 Å². The number of carbonyl (C=O) groups excluding carboxylic acids is 2. The predicted octanol–water partition coefficient (Wildman–Crippen LogP) is 6.60. The SMILES string of the molecule is Cc1ccccc1CN1C(=O)S/C(=C\c2cc(C)n(-c3cccc(Cl)c3C)c2C)C1=O. The molecular weight excluding hydrogens is 428 g/mol. The molecular formula is C25H23ClN2O2S. The van der Waals surface area contributed by atoms with Gasteiger partial charge in [0.05, 0.1) is 11.4 Å². The normalized spacial score (nSPS) is 15.4. The molecule has 0 N–H and O–H groups in total. The van der Waals surface area contributed by atoms with Gasteiger partial charge in [-0.05, 0) is 86.0 Å². The van der Waals surface area contributed by atoms with Crippen LogP contribution >= 0.6 is 23.4 Å². The third kappa shape index (κ3) is 3.95. The maximum absolute atomic E-state index is 13.0. The molecule has 4 rings (SSSR count). The number of amides is 2. The molecule has 2 amide bonds. The first-order valence-electron chi connectivity index (χ1n) is 10.0. The van der Waals surface area contributed by atoms with Crippen LogP contribution in [0, 0.1) is 27.7 Å². The van der Waals surface area contributed by atoms with E-state index in [9.17, 15) is 9.59 Å². The van der Waals surface area contributed by atoms with Gasteiger partial charge >= 0.3 is 0 Å². The lowest BCUT2D eigenvalue weighted by Crippen LogP contribution is -2.27. The van der Waals surface area contributed by atoms with Gasteiger partial charge in [-0.3, -0.25) is 14.5 Å². The van der Waals surface area contributed by atoms with Crippen LogP contribution in [0.5, 0.6) is 0 Å². The maximum Gasteiger partial charge on any atom is 0.293 e. The second-order valence-corrected chi connectivity index (χ2v) is 9.14. The van der Waals surface area contributed by atoms with Gasteiger partial charge in [-0.25, -0.2) is 0 Å². The Bertz CT molecular complexity index is 1240. The van der Waals surface area contributed by atoms with Gasteiger partial charge in [0.1, 0.15) is 0 Å². The van der Waals surface area contributed by atoms with Crippen LogP contribution in [-0.2, 0) is 11.3 Å². The van der Waals surface area contributed by atoms with Crippen molar-refractivity contribution in [3.63, 3.8) is 0 Å². The van der Waals surface area contributed by atoms with Crippen molar-refractivity contribution >= 4 is 40.6 Å². The highest BCUT2D eigenvalue weighted by Gasteiger charge is 2.35. The van der Waals surface area contributed by atoms with Crippen LogP contribution in [0.1, 0.15) is 33.6 Å². The van der Waals surface area contributed by atoms with Crippen molar-refractivity contribution in [1.82, 2.24) is 9.47 Å². The summed E-state index contributed by atoms with van der Waals surface area (Å²) in [5.74, 6) is -0.248. The fraction of sp³-hybridized carbons (Fsp3) is 0.200. The van der Waals surface area contributed by atoms with Crippen molar-refractivity contribution < 1.29 is 9.59 Å². The largest absolute Gasteiger partial charge is 0.318 e. The monoisotopic (exact) mass is 450 g/mol. The first kappa shape index (κ1) is 21.5. The van der Waals surface area contributed by atoms with E-state index in [1.807, 2.05) is 82.3 Å². The van der Waals surface area contributed by atoms with E-state index in [1.54, 1.807) is 0 Å². The standard InChI is InChI=1S/C25H23ClN2O2S/c1-15-8-5-6-9-19(15)14-27-24(29)23(31-25(27)30)13-20-12-16(2)28(18(20)4)22-11-7-10-21(26)17(22)3/h5-13H,14H2,1-4H3/b23-13-. The number of thioether (sulfide) groups is 1. The number of benzene rings is 2. The molecule has 0 aliphatic carbocycles. The van der Waals surface area contributed by atoms with Crippen LogP contribution in [0.15, 0.2) is 53.4 Å². The van der Waals surface area contributed by atoms with Crippen LogP contribution in [0.3, 0.4) is 0 Å². The Labute approximate surface area is 191 Å². The molecule has 0 spiro atoms. The van der Waals surface area contributed by atoms with Crippen LogP contribution in [0.25, 0.3) is 11.8 Å². The zero-order chi connectivity index (χ0) is 22.3. The molecule has 4 nitrogen and oxygen atoms in total. The van der Waals surface area contributed by atoms with Gasteiger partial charge in [-0.1, -0.05) is 41.9 Å². The van der Waals surface area contributed by atoms with Crippen molar-refractivity contribution in [2.75, 3.05) is 0 Å². The van der Waals surface area contributed by atoms with E-state index in [1.165, 1.54) is 4.90 Å². The Morgan fingerprint density at radius 2 is 1.74 bits per heavy atom. The summed E-state index contributed by atoms with van der Waals surface area (Å²) in [7, 11) is 0. The molecule has 31 heavy (non-hydrogen) atoms. The minimum Gasteiger partial charge on any atom is -0.318 e. The fourth-order valence-corrected chi connectivity index (χ4v) is 4.88. The fourth-order valence-electron chi connectivity index (χ4n) is 3.88. The van der Waals surface area contributed by atoms with Gasteiger partial charge in [0.2, 0.25) is 0 Å². The van der Waals surface area contributed by atoms with Crippen molar-refractivity contribution in [1.29, 1.82) is 0 Å². The third-order valence-corrected chi connectivity index (χ3v) is 7.02. The molecule has 1 aliphatic rings. The smallest absolute Gasteiger partial charge is 0.293 e. The van der Waals surface area contributed by atoms with E-state index in [4.69, 9.17) is 11.6 Å². The zero-order valence-electron chi connectivity index (χ0n) is 17.9. The maximum atomic E-state index is 13.0. The molecule has 2 heterocycles. The molecule has 6 heteroatoms. The zero-order valence-corrected chi connectivity index (χ0v) is 19.5. The highest BCUT2D eigenvalue weighted by molar-refractivity contribution is 8.18. The Morgan fingerprint density at radius 1 is 1.00 bits per heavy atom. The summed E-state index contributed by atoms with van der Waals surface area (Å²) in [5.41, 5.74) is 6.98. The topological polar surface area (TPSA) is 42.3 Å². The van der Waals surface area contributed by atoms with Crippen LogP contribution in [-0.4, -0.2) is 20.6 Å². The average molecular weight is 451 g/mol. The summed E-state index contributed by atoms with van der Waals surface area (Å²) in [6.45, 7) is 8.30. The molecule has 1 aromatic heterocycles. The van der Waals surface area contributed by atoms with Crippen molar-refractivity contribution in [2.45, 2.75) is 34.2 Å². The molecule has 0 unspecified atom stereocenters. The number of carbonyl (C=O) groups is 2. The van der Waals surface area contributed by atoms with Gasteiger partial charge in [0.25, 0.3) is 11.1 Å². The van der Waals surface area contributed by atoms with E-state index in [0.29, 0.717) is 9.93 Å². The summed E-state index contributed by atoms with van der Waals surface area (Å²) >= 11 is 7.32. The Kier molecular flexibility index (Phi) is 5.82. The molecule has 0 atom stereocenters. The van der Waals surface area contributed by atoms with Gasteiger partial charge in [-0.15, -0.1) is 0 Å². The van der Waals surface area contributed by atoms with E-state index in [0.717, 1.165) is 51.1 Å². The molecule has 1 fully saturated rings. The number of halogens is 1. The number of hydrogen-bond acceptors (Lipinski definition) is 3. The van der Waals surface area contributed by atoms with Gasteiger partial charge in [0.15, 0.2) is 0 Å². The lowest BCUT2D eigenvalue weighted by Gasteiger charge is -2.14. The third-order valence-electron chi connectivity index (χ3n) is 5.70. The molecule has 0 radical (unpaired) electrons. The second-order valence-electron chi connectivity index (χ2n) is 7.74. The highest BCUT2D eigenvalue weighted by atomic mass is 35.5. The average Bonchev–Trinajstić information content (AvgIpc) is 3.15. The first-order chi connectivity index (χ1) is 14.8. The van der Waals surface area contributed by atoms with E-state index in [-0.39, 0.29) is 17.7 Å². The molecule has 1 saturated heterocycles. The summed E-state index contributed by atoms with van der Waals surface area (Å²) in [6, 6.07) is 15.7. The number of rotatable bonds is 4. The first-order valence-corrected chi connectivity index (χ1v) is 11.2. The number of hydrogen-bond donors (Lipinski definition) is 0. The second kappa shape index (κ2) is 8.40. The summed E-state index contributed by atoms with van der Waals surface area (Å²) in [4.78, 5) is 27.3. The lowest BCUT2D eigenvalue weighted by molar-refractivity contribution is -0.123. The minimum absolute atomic E-state index is 0.237. The van der Waals surface area contributed by atoms with Crippen molar-refractivity contribution in [2.24, 2.45) is 0 Å². The van der Waals surface area contributed by atoms with E-state index >= 15 is 0 Å². The van der Waals surface area contributed by atoms with Crippen LogP contribution in [0.4, 0.5) is 4.79 Å². The number of nitrogens with zero attached hydrogens (tertiary/aromatic N) is 2. The summed E-state index contributed by atoms with van der Waals surface area (Å²) in [6.07, 6.45) is 1.82. The van der Waals surface area contributed by atoms with E-state index in [2.05, 4.69) is 4.57 Å². The lowest BCUT2D eigenvalue weighted by atomic mass is 10.1. The number of aromatic nitrogens is 1. The van der Waals surface area contributed by atoms with Crippen LogP contribution < -0.4 is 0 Å². The Hall–Kier alpha value is -2.76. The highest BCUT2D eigenvalue weighted by Crippen LogP contribution is 2.35. The molecule has 3 aromatic rings. The molecule has 1 aliphatic heterocycles. The Balaban J connectivity index is 1.67. The van der Waals surface area contributed by atoms with Gasteiger partial charge in [-0.2, -0.15) is 0 Å². The Morgan fingerprint density at radius 3 is 2.48 bits per heavy atom. The summed E-state index contributed by atoms with van der Waals surface area (Å²) < 4.78 is 2.13. The summed E-state index contributed by atoms with van der Waals surface area (Å²) in [5, 5.41) is 0.475. The quantitative estimate of drug-likeness (QED) is 0.420.